The fourth-order valence-corrected chi connectivity index (χ4v) is 6.31. The molecule has 23 heavy (non-hydrogen) atoms. The molecule has 0 aromatic carbocycles. The lowest BCUT2D eigenvalue weighted by Crippen LogP contribution is -2.35. The van der Waals surface area contributed by atoms with Gasteiger partial charge in [-0.25, -0.2) is 8.42 Å². The molecule has 3 heterocycles. The molecule has 0 amide bonds. The number of thiophene rings is 1. The van der Waals surface area contributed by atoms with Crippen molar-refractivity contribution in [1.82, 2.24) is 9.46 Å². The lowest BCUT2D eigenvalue weighted by molar-refractivity contribution is 0.331. The number of aryl methyl sites for hydroxylation is 3. The highest BCUT2D eigenvalue weighted by Crippen LogP contribution is 2.38. The van der Waals surface area contributed by atoms with Gasteiger partial charge in [0.15, 0.2) is 5.76 Å². The molecule has 2 aromatic rings. The van der Waals surface area contributed by atoms with Crippen molar-refractivity contribution < 1.29 is 12.9 Å². The summed E-state index contributed by atoms with van der Waals surface area (Å²) in [7, 11) is -3.61. The van der Waals surface area contributed by atoms with E-state index in [-0.39, 0.29) is 10.9 Å². The molecule has 0 bridgehead atoms. The van der Waals surface area contributed by atoms with Crippen molar-refractivity contribution in [3.8, 4) is 0 Å². The van der Waals surface area contributed by atoms with Crippen LogP contribution in [0.1, 0.15) is 52.9 Å². The molecule has 1 aliphatic rings. The van der Waals surface area contributed by atoms with E-state index in [1.807, 2.05) is 0 Å². The van der Waals surface area contributed by atoms with Crippen LogP contribution in [0, 0.1) is 20.8 Å². The summed E-state index contributed by atoms with van der Waals surface area (Å²) in [6, 6.07) is 4.03. The zero-order valence-electron chi connectivity index (χ0n) is 13.7. The Morgan fingerprint density at radius 3 is 2.61 bits per heavy atom. The van der Waals surface area contributed by atoms with Crippen molar-refractivity contribution in [2.75, 3.05) is 6.54 Å². The van der Waals surface area contributed by atoms with E-state index in [9.17, 15) is 8.42 Å². The number of sulfonamides is 1. The summed E-state index contributed by atoms with van der Waals surface area (Å²) in [5, 5.41) is 3.82. The number of aromatic nitrogens is 1. The molecule has 0 unspecified atom stereocenters. The van der Waals surface area contributed by atoms with Crippen LogP contribution in [0.4, 0.5) is 0 Å². The van der Waals surface area contributed by atoms with Gasteiger partial charge in [0.1, 0.15) is 10.6 Å². The van der Waals surface area contributed by atoms with E-state index in [0.29, 0.717) is 18.0 Å². The van der Waals surface area contributed by atoms with Crippen molar-refractivity contribution in [3.05, 3.63) is 33.3 Å². The minimum Gasteiger partial charge on any atom is -0.360 e. The fraction of sp³-hybridized carbons (Fsp3) is 0.562. The van der Waals surface area contributed by atoms with Crippen LogP contribution in [0.2, 0.25) is 0 Å². The van der Waals surface area contributed by atoms with E-state index >= 15 is 0 Å². The van der Waals surface area contributed by atoms with Gasteiger partial charge in [-0.15, -0.1) is 11.3 Å². The Morgan fingerprint density at radius 1 is 1.22 bits per heavy atom. The smallest absolute Gasteiger partial charge is 0.249 e. The van der Waals surface area contributed by atoms with Gasteiger partial charge in [-0.3, -0.25) is 0 Å². The highest BCUT2D eigenvalue weighted by atomic mass is 32.2. The zero-order chi connectivity index (χ0) is 16.6. The second-order valence-electron chi connectivity index (χ2n) is 6.08. The third-order valence-electron chi connectivity index (χ3n) is 4.33. The first-order valence-electron chi connectivity index (χ1n) is 7.92. The second-order valence-corrected chi connectivity index (χ2v) is 9.23. The number of hydrogen-bond acceptors (Lipinski definition) is 5. The summed E-state index contributed by atoms with van der Waals surface area (Å²) in [4.78, 5) is 2.57. The molecule has 0 saturated carbocycles. The van der Waals surface area contributed by atoms with Crippen LogP contribution >= 0.6 is 11.3 Å². The zero-order valence-corrected chi connectivity index (χ0v) is 15.3. The molecule has 0 spiro atoms. The summed E-state index contributed by atoms with van der Waals surface area (Å²) < 4.78 is 33.3. The standard InChI is InChI=1S/C16H22N2O3S2/c1-11-8-9-15(22-11)14-7-5-4-6-10-18(14)23(19,20)16-12(2)17-21-13(16)3/h8-9,14H,4-7,10H2,1-3H3/t14-/m0/s1. The van der Waals surface area contributed by atoms with Gasteiger partial charge in [0.2, 0.25) is 10.0 Å². The summed E-state index contributed by atoms with van der Waals surface area (Å²) in [6.07, 6.45) is 3.87. The summed E-state index contributed by atoms with van der Waals surface area (Å²) >= 11 is 1.68. The first-order chi connectivity index (χ1) is 10.9. The molecule has 1 aliphatic heterocycles. The predicted molar refractivity (Wildman–Crippen MR) is 90.1 cm³/mol. The molecule has 126 valence electrons. The van der Waals surface area contributed by atoms with Crippen LogP contribution in [-0.2, 0) is 10.0 Å². The molecule has 1 atom stereocenters. The van der Waals surface area contributed by atoms with Crippen LogP contribution in [0.3, 0.4) is 0 Å². The van der Waals surface area contributed by atoms with Gasteiger partial charge in [-0.05, 0) is 45.7 Å². The SMILES string of the molecule is Cc1ccc([C@@H]2CCCCCN2S(=O)(=O)c2c(C)noc2C)s1. The van der Waals surface area contributed by atoms with Crippen molar-refractivity contribution >= 4 is 21.4 Å². The van der Waals surface area contributed by atoms with E-state index in [2.05, 4.69) is 24.2 Å². The van der Waals surface area contributed by atoms with E-state index in [0.717, 1.165) is 30.6 Å². The molecule has 5 nitrogen and oxygen atoms in total. The van der Waals surface area contributed by atoms with Crippen molar-refractivity contribution in [1.29, 1.82) is 0 Å². The van der Waals surface area contributed by atoms with Gasteiger partial charge >= 0.3 is 0 Å². The first kappa shape index (κ1) is 16.7. The molecule has 0 aliphatic carbocycles. The van der Waals surface area contributed by atoms with Crippen molar-refractivity contribution in [2.45, 2.75) is 57.4 Å². The Balaban J connectivity index is 2.06. The largest absolute Gasteiger partial charge is 0.360 e. The molecule has 3 rings (SSSR count). The van der Waals surface area contributed by atoms with E-state index < -0.39 is 10.0 Å². The normalized spacial score (nSPS) is 20.6. The van der Waals surface area contributed by atoms with Gasteiger partial charge in [-0.2, -0.15) is 4.31 Å². The third-order valence-corrected chi connectivity index (χ3v) is 7.58. The van der Waals surface area contributed by atoms with Gasteiger partial charge in [0, 0.05) is 16.3 Å². The van der Waals surface area contributed by atoms with Gasteiger partial charge < -0.3 is 4.52 Å². The monoisotopic (exact) mass is 354 g/mol. The summed E-state index contributed by atoms with van der Waals surface area (Å²) in [5.41, 5.74) is 0.438. The average molecular weight is 354 g/mol. The van der Waals surface area contributed by atoms with E-state index in [4.69, 9.17) is 4.52 Å². The molecule has 1 saturated heterocycles. The van der Waals surface area contributed by atoms with Crippen LogP contribution < -0.4 is 0 Å². The average Bonchev–Trinajstić information content (AvgIpc) is 2.96. The quantitative estimate of drug-likeness (QED) is 0.837. The Morgan fingerprint density at radius 2 is 2.00 bits per heavy atom. The Bertz CT molecular complexity index is 773. The van der Waals surface area contributed by atoms with Crippen LogP contribution in [0.25, 0.3) is 0 Å². The molecular weight excluding hydrogens is 332 g/mol. The molecule has 1 fully saturated rings. The summed E-state index contributed by atoms with van der Waals surface area (Å²) in [5.74, 6) is 0.368. The fourth-order valence-electron chi connectivity index (χ4n) is 3.25. The molecule has 0 N–H and O–H groups in total. The van der Waals surface area contributed by atoms with Crippen LogP contribution in [0.15, 0.2) is 21.6 Å². The predicted octanol–water partition coefficient (Wildman–Crippen LogP) is 3.97. The second kappa shape index (κ2) is 6.37. The van der Waals surface area contributed by atoms with E-state index in [1.54, 1.807) is 29.5 Å². The lowest BCUT2D eigenvalue weighted by atomic mass is 10.1. The minimum absolute atomic E-state index is 0.0881. The minimum atomic E-state index is -3.61. The molecule has 7 heteroatoms. The topological polar surface area (TPSA) is 63.4 Å². The third kappa shape index (κ3) is 3.09. The maximum atomic E-state index is 13.3. The summed E-state index contributed by atoms with van der Waals surface area (Å²) in [6.45, 7) is 5.95. The molecule has 0 radical (unpaired) electrons. The maximum absolute atomic E-state index is 13.3. The first-order valence-corrected chi connectivity index (χ1v) is 10.2. The number of nitrogens with zero attached hydrogens (tertiary/aromatic N) is 2. The Labute approximate surface area is 141 Å². The number of hydrogen-bond donors (Lipinski definition) is 0. The number of rotatable bonds is 3. The van der Waals surface area contributed by atoms with Gasteiger partial charge in [-0.1, -0.05) is 18.0 Å². The van der Waals surface area contributed by atoms with Crippen molar-refractivity contribution in [3.63, 3.8) is 0 Å². The molecular formula is C16H22N2O3S2. The van der Waals surface area contributed by atoms with Crippen molar-refractivity contribution in [2.24, 2.45) is 0 Å². The van der Waals surface area contributed by atoms with Crippen LogP contribution in [0.5, 0.6) is 0 Å². The molecule has 2 aromatic heterocycles. The van der Waals surface area contributed by atoms with Gasteiger partial charge in [0.25, 0.3) is 0 Å². The maximum Gasteiger partial charge on any atom is 0.249 e. The van der Waals surface area contributed by atoms with E-state index in [1.165, 1.54) is 4.88 Å². The highest BCUT2D eigenvalue weighted by molar-refractivity contribution is 7.89. The lowest BCUT2D eigenvalue weighted by Gasteiger charge is -2.28. The Kier molecular flexibility index (Phi) is 4.62. The highest BCUT2D eigenvalue weighted by Gasteiger charge is 2.37. The Hall–Kier alpha value is -1.18. The van der Waals surface area contributed by atoms with Gasteiger partial charge in [0.05, 0.1) is 6.04 Å². The van der Waals surface area contributed by atoms with Crippen LogP contribution in [-0.4, -0.2) is 24.4 Å².